The van der Waals surface area contributed by atoms with Gasteiger partial charge < -0.3 is 0 Å². The Hall–Kier alpha value is -3.00. The van der Waals surface area contributed by atoms with E-state index < -0.39 is 0 Å². The van der Waals surface area contributed by atoms with Crippen LogP contribution in [-0.2, 0) is 5.41 Å². The lowest BCUT2D eigenvalue weighted by Crippen LogP contribution is -2.15. The minimum Gasteiger partial charge on any atom is -0.232 e. The second-order valence-corrected chi connectivity index (χ2v) is 7.61. The molecule has 0 aliphatic rings. The van der Waals surface area contributed by atoms with Crippen molar-refractivity contribution in [2.24, 2.45) is 0 Å². The Morgan fingerprint density at radius 3 is 2.04 bits per heavy atom. The molecule has 2 heteroatoms. The lowest BCUT2D eigenvalue weighted by Gasteiger charge is -2.20. The minimum atomic E-state index is -0.0473. The van der Waals surface area contributed by atoms with Crippen LogP contribution < -0.4 is 0 Å². The third-order valence-electron chi connectivity index (χ3n) is 4.54. The van der Waals surface area contributed by atoms with E-state index in [1.54, 1.807) is 0 Å². The summed E-state index contributed by atoms with van der Waals surface area (Å²) in [6, 6.07) is 27.1. The maximum atomic E-state index is 4.97. The molecule has 26 heavy (non-hydrogen) atoms. The van der Waals surface area contributed by atoms with Crippen molar-refractivity contribution in [3.05, 3.63) is 84.6 Å². The summed E-state index contributed by atoms with van der Waals surface area (Å²) in [7, 11) is 0. The van der Waals surface area contributed by atoms with Gasteiger partial charge in [-0.15, -0.1) is 0 Å². The van der Waals surface area contributed by atoms with E-state index in [0.717, 1.165) is 28.0 Å². The van der Waals surface area contributed by atoms with Crippen molar-refractivity contribution in [2.75, 3.05) is 0 Å². The smallest absolute Gasteiger partial charge is 0.160 e. The van der Waals surface area contributed by atoms with Crippen LogP contribution in [0.3, 0.4) is 0 Å². The van der Waals surface area contributed by atoms with Gasteiger partial charge in [0.15, 0.2) is 5.82 Å². The zero-order chi connectivity index (χ0) is 18.1. The summed E-state index contributed by atoms with van der Waals surface area (Å²) in [4.78, 5) is 9.81. The van der Waals surface area contributed by atoms with Crippen molar-refractivity contribution in [2.45, 2.75) is 26.2 Å². The number of hydrogen-bond acceptors (Lipinski definition) is 2. The van der Waals surface area contributed by atoms with Crippen molar-refractivity contribution in [1.29, 1.82) is 0 Å². The van der Waals surface area contributed by atoms with Gasteiger partial charge in [-0.3, -0.25) is 0 Å². The Morgan fingerprint density at radius 1 is 0.615 bits per heavy atom. The highest BCUT2D eigenvalue weighted by molar-refractivity contribution is 5.84. The van der Waals surface area contributed by atoms with Crippen molar-refractivity contribution in [1.82, 2.24) is 9.97 Å². The first-order valence-corrected chi connectivity index (χ1v) is 8.95. The van der Waals surface area contributed by atoms with Gasteiger partial charge in [0, 0.05) is 16.4 Å². The molecule has 128 valence electrons. The first-order chi connectivity index (χ1) is 12.5. The van der Waals surface area contributed by atoms with E-state index >= 15 is 0 Å². The van der Waals surface area contributed by atoms with Crippen LogP contribution in [0.2, 0.25) is 0 Å². The van der Waals surface area contributed by atoms with Crippen molar-refractivity contribution < 1.29 is 0 Å². The summed E-state index contributed by atoms with van der Waals surface area (Å²) in [6.45, 7) is 6.60. The van der Waals surface area contributed by atoms with E-state index in [1.165, 1.54) is 11.1 Å². The first kappa shape index (κ1) is 16.5. The highest BCUT2D eigenvalue weighted by Gasteiger charge is 2.21. The Labute approximate surface area is 154 Å². The minimum absolute atomic E-state index is 0.0473. The van der Waals surface area contributed by atoms with Crippen molar-refractivity contribution in [3.8, 4) is 22.5 Å². The molecule has 0 amide bonds. The molecule has 0 saturated carbocycles. The topological polar surface area (TPSA) is 25.8 Å². The second kappa shape index (κ2) is 6.38. The maximum Gasteiger partial charge on any atom is 0.160 e. The number of fused-ring (bicyclic) bond motifs is 1. The molecule has 0 atom stereocenters. The summed E-state index contributed by atoms with van der Waals surface area (Å²) in [5.74, 6) is 0.784. The fraction of sp³-hybridized carbons (Fsp3) is 0.167. The molecule has 0 saturated heterocycles. The molecule has 0 aliphatic heterocycles. The number of hydrogen-bond donors (Lipinski definition) is 0. The largest absolute Gasteiger partial charge is 0.232 e. The molecule has 4 rings (SSSR count). The Kier molecular flexibility index (Phi) is 4.04. The summed E-state index contributed by atoms with van der Waals surface area (Å²) < 4.78 is 0. The Bertz CT molecular complexity index is 1060. The summed E-state index contributed by atoms with van der Waals surface area (Å²) in [5, 5.41) is 1.13. The van der Waals surface area contributed by atoms with Crippen LogP contribution in [0.1, 0.15) is 26.5 Å². The molecule has 2 nitrogen and oxygen atoms in total. The van der Waals surface area contributed by atoms with Crippen LogP contribution in [0, 0.1) is 0 Å². The van der Waals surface area contributed by atoms with Gasteiger partial charge in [-0.25, -0.2) is 9.97 Å². The van der Waals surface area contributed by atoms with E-state index in [2.05, 4.69) is 87.5 Å². The van der Waals surface area contributed by atoms with Crippen LogP contribution in [0.15, 0.2) is 78.9 Å². The predicted octanol–water partition coefficient (Wildman–Crippen LogP) is 6.26. The molecule has 1 aromatic heterocycles. The third kappa shape index (κ3) is 3.11. The molecule has 0 radical (unpaired) electrons. The monoisotopic (exact) mass is 338 g/mol. The molecule has 0 unspecified atom stereocenters. The fourth-order valence-electron chi connectivity index (χ4n) is 3.25. The highest BCUT2D eigenvalue weighted by atomic mass is 14.9. The second-order valence-electron chi connectivity index (χ2n) is 7.61. The SMILES string of the molecule is CC(C)(C)c1nc(-c2cccc(-c3ccccc3)c2)nc2ccccc12. The normalized spacial score (nSPS) is 11.7. The number of aromatic nitrogens is 2. The van der Waals surface area contributed by atoms with Gasteiger partial charge in [0.25, 0.3) is 0 Å². The summed E-state index contributed by atoms with van der Waals surface area (Å²) >= 11 is 0. The van der Waals surface area contributed by atoms with Gasteiger partial charge in [0.2, 0.25) is 0 Å². The average molecular weight is 338 g/mol. The van der Waals surface area contributed by atoms with Crippen LogP contribution >= 0.6 is 0 Å². The van der Waals surface area contributed by atoms with Gasteiger partial charge in [-0.2, -0.15) is 0 Å². The van der Waals surface area contributed by atoms with Crippen LogP contribution in [0.5, 0.6) is 0 Å². The molecule has 0 fully saturated rings. The van der Waals surface area contributed by atoms with Crippen molar-refractivity contribution >= 4 is 10.9 Å². The van der Waals surface area contributed by atoms with Crippen LogP contribution in [-0.4, -0.2) is 9.97 Å². The Morgan fingerprint density at radius 2 is 1.27 bits per heavy atom. The molecule has 0 spiro atoms. The maximum absolute atomic E-state index is 4.97. The molecule has 4 aromatic rings. The molecule has 0 N–H and O–H groups in total. The lowest BCUT2D eigenvalue weighted by atomic mass is 9.89. The standard InChI is InChI=1S/C24H22N2/c1-24(2,3)22-20-14-7-8-15-21(20)25-23(26-22)19-13-9-12-18(16-19)17-10-5-4-6-11-17/h4-16H,1-3H3. The van der Waals surface area contributed by atoms with E-state index in [4.69, 9.17) is 9.97 Å². The fourth-order valence-corrected chi connectivity index (χ4v) is 3.25. The zero-order valence-electron chi connectivity index (χ0n) is 15.4. The van der Waals surface area contributed by atoms with E-state index in [-0.39, 0.29) is 5.41 Å². The van der Waals surface area contributed by atoms with Crippen LogP contribution in [0.4, 0.5) is 0 Å². The average Bonchev–Trinajstić information content (AvgIpc) is 2.67. The van der Waals surface area contributed by atoms with Gasteiger partial charge in [-0.1, -0.05) is 87.5 Å². The van der Waals surface area contributed by atoms with Crippen molar-refractivity contribution in [3.63, 3.8) is 0 Å². The van der Waals surface area contributed by atoms with Gasteiger partial charge in [-0.05, 0) is 23.3 Å². The summed E-state index contributed by atoms with van der Waals surface area (Å²) in [6.07, 6.45) is 0. The van der Waals surface area contributed by atoms with E-state index in [1.807, 2.05) is 12.1 Å². The van der Waals surface area contributed by atoms with E-state index in [9.17, 15) is 0 Å². The molecule has 1 heterocycles. The molecule has 0 aliphatic carbocycles. The molecular weight excluding hydrogens is 316 g/mol. The first-order valence-electron chi connectivity index (χ1n) is 8.95. The Balaban J connectivity index is 1.90. The lowest BCUT2D eigenvalue weighted by molar-refractivity contribution is 0.575. The molecule has 0 bridgehead atoms. The third-order valence-corrected chi connectivity index (χ3v) is 4.54. The van der Waals surface area contributed by atoms with Gasteiger partial charge in [0.1, 0.15) is 0 Å². The van der Waals surface area contributed by atoms with Gasteiger partial charge >= 0.3 is 0 Å². The number of rotatable bonds is 2. The predicted molar refractivity (Wildman–Crippen MR) is 109 cm³/mol. The van der Waals surface area contributed by atoms with Gasteiger partial charge in [0.05, 0.1) is 11.2 Å². The highest BCUT2D eigenvalue weighted by Crippen LogP contribution is 2.31. The summed E-state index contributed by atoms with van der Waals surface area (Å²) in [5.41, 5.74) is 5.45. The number of para-hydroxylation sites is 1. The van der Waals surface area contributed by atoms with E-state index in [0.29, 0.717) is 0 Å². The number of nitrogens with zero attached hydrogens (tertiary/aromatic N) is 2. The molecular formula is C24H22N2. The zero-order valence-corrected chi connectivity index (χ0v) is 15.4. The number of benzene rings is 3. The molecule has 3 aromatic carbocycles. The van der Waals surface area contributed by atoms with Crippen LogP contribution in [0.25, 0.3) is 33.4 Å². The quantitative estimate of drug-likeness (QED) is 0.431.